The Bertz CT molecular complexity index is 1500. The van der Waals surface area contributed by atoms with Gasteiger partial charge in [-0.1, -0.05) is 66.7 Å². The molecule has 4 rings (SSSR count). The number of amides is 2. The number of benzene rings is 4. The number of carbonyl (C=O) groups excluding carboxylic acids is 3. The molecular formula is C32H30N2O5. The molecule has 0 unspecified atom stereocenters. The molecule has 2 amide bonds. The summed E-state index contributed by atoms with van der Waals surface area (Å²) in [6.45, 7) is 3.58. The van der Waals surface area contributed by atoms with Crippen LogP contribution in [0.15, 0.2) is 97.1 Å². The van der Waals surface area contributed by atoms with E-state index in [0.29, 0.717) is 28.3 Å². The van der Waals surface area contributed by atoms with Crippen LogP contribution in [0.1, 0.15) is 33.2 Å². The van der Waals surface area contributed by atoms with E-state index in [0.717, 1.165) is 16.7 Å². The maximum Gasteiger partial charge on any atom is 0.302 e. The Morgan fingerprint density at radius 3 is 2.10 bits per heavy atom. The monoisotopic (exact) mass is 522 g/mol. The highest BCUT2D eigenvalue weighted by molar-refractivity contribution is 6.15. The Morgan fingerprint density at radius 1 is 0.744 bits per heavy atom. The molecule has 0 bridgehead atoms. The summed E-state index contributed by atoms with van der Waals surface area (Å²) in [7, 11) is 1.64. The number of hydrogen-bond donors (Lipinski definition) is 1. The van der Waals surface area contributed by atoms with Crippen LogP contribution in [0, 0.1) is 6.92 Å². The molecule has 0 radical (unpaired) electrons. The van der Waals surface area contributed by atoms with Crippen LogP contribution in [0.5, 0.6) is 5.75 Å². The van der Waals surface area contributed by atoms with E-state index in [2.05, 4.69) is 5.32 Å². The first kappa shape index (κ1) is 27.1. The molecule has 4 aromatic rings. The van der Waals surface area contributed by atoms with Gasteiger partial charge in [-0.15, -0.1) is 0 Å². The fourth-order valence-corrected chi connectivity index (χ4v) is 4.24. The summed E-state index contributed by atoms with van der Waals surface area (Å²) in [5.74, 6) is -0.561. The molecule has 0 aromatic heterocycles. The zero-order valence-electron chi connectivity index (χ0n) is 22.1. The Hall–Kier alpha value is -4.91. The van der Waals surface area contributed by atoms with Crippen LogP contribution in [0.25, 0.3) is 11.1 Å². The van der Waals surface area contributed by atoms with Gasteiger partial charge in [0.25, 0.3) is 11.8 Å². The van der Waals surface area contributed by atoms with Crippen molar-refractivity contribution in [1.29, 1.82) is 0 Å². The van der Waals surface area contributed by atoms with Crippen molar-refractivity contribution in [3.63, 3.8) is 0 Å². The molecule has 198 valence electrons. The summed E-state index contributed by atoms with van der Waals surface area (Å²) >= 11 is 0. The van der Waals surface area contributed by atoms with Gasteiger partial charge < -0.3 is 19.7 Å². The molecule has 0 fully saturated rings. The van der Waals surface area contributed by atoms with Gasteiger partial charge >= 0.3 is 5.97 Å². The zero-order chi connectivity index (χ0) is 27.8. The summed E-state index contributed by atoms with van der Waals surface area (Å²) in [5, 5.41) is 2.94. The van der Waals surface area contributed by atoms with E-state index >= 15 is 0 Å². The first-order valence-corrected chi connectivity index (χ1v) is 12.6. The van der Waals surface area contributed by atoms with Crippen LogP contribution in [-0.4, -0.2) is 38.0 Å². The highest BCUT2D eigenvalue weighted by Crippen LogP contribution is 2.31. The zero-order valence-corrected chi connectivity index (χ0v) is 22.1. The standard InChI is InChI=1S/C32H30N2O5/c1-22-12-4-5-13-24(22)25-14-6-7-15-26(25)31(36)33-28-17-9-8-16-27(28)32(37)34(3)29-18-10-11-19-30(29)39-21-20-38-23(2)35/h4-19H,20-21H2,1-3H3,(H,33,36). The maximum absolute atomic E-state index is 13.6. The van der Waals surface area contributed by atoms with Gasteiger partial charge in [0, 0.05) is 19.5 Å². The lowest BCUT2D eigenvalue weighted by Crippen LogP contribution is -2.28. The van der Waals surface area contributed by atoms with Gasteiger partial charge in [-0.3, -0.25) is 14.4 Å². The van der Waals surface area contributed by atoms with E-state index in [1.165, 1.54) is 11.8 Å². The molecule has 1 N–H and O–H groups in total. The van der Waals surface area contributed by atoms with Gasteiger partial charge in [0.2, 0.25) is 0 Å². The fourth-order valence-electron chi connectivity index (χ4n) is 4.24. The quantitative estimate of drug-likeness (QED) is 0.211. The van der Waals surface area contributed by atoms with Crippen molar-refractivity contribution in [1.82, 2.24) is 0 Å². The van der Waals surface area contributed by atoms with E-state index in [4.69, 9.17) is 9.47 Å². The Labute approximate surface area is 228 Å². The third-order valence-electron chi connectivity index (χ3n) is 6.19. The normalized spacial score (nSPS) is 10.4. The van der Waals surface area contributed by atoms with Crippen LogP contribution in [0.3, 0.4) is 0 Å². The maximum atomic E-state index is 13.6. The third kappa shape index (κ3) is 6.51. The number of nitrogens with one attached hydrogen (secondary N) is 1. The van der Waals surface area contributed by atoms with Gasteiger partial charge in [-0.2, -0.15) is 0 Å². The molecular weight excluding hydrogens is 492 g/mol. The van der Waals surface area contributed by atoms with Crippen molar-refractivity contribution < 1.29 is 23.9 Å². The summed E-state index contributed by atoms with van der Waals surface area (Å²) in [5.41, 5.74) is 4.61. The lowest BCUT2D eigenvalue weighted by Gasteiger charge is -2.22. The molecule has 0 aliphatic carbocycles. The lowest BCUT2D eigenvalue weighted by molar-refractivity contribution is -0.141. The number of carbonyl (C=O) groups is 3. The van der Waals surface area contributed by atoms with Crippen LogP contribution in [0.4, 0.5) is 11.4 Å². The second-order valence-electron chi connectivity index (χ2n) is 8.88. The average molecular weight is 523 g/mol. The minimum absolute atomic E-state index is 0.0974. The first-order chi connectivity index (χ1) is 18.9. The second-order valence-corrected chi connectivity index (χ2v) is 8.88. The summed E-state index contributed by atoms with van der Waals surface area (Å²) in [4.78, 5) is 39.6. The summed E-state index contributed by atoms with van der Waals surface area (Å²) in [6.07, 6.45) is 0. The van der Waals surface area contributed by atoms with E-state index in [9.17, 15) is 14.4 Å². The fraction of sp³-hybridized carbons (Fsp3) is 0.156. The van der Waals surface area contributed by atoms with Gasteiger partial charge in [-0.25, -0.2) is 0 Å². The van der Waals surface area contributed by atoms with E-state index in [1.807, 2.05) is 49.4 Å². The van der Waals surface area contributed by atoms with Crippen LogP contribution in [0.2, 0.25) is 0 Å². The SMILES string of the molecule is CC(=O)OCCOc1ccccc1N(C)C(=O)c1ccccc1NC(=O)c1ccccc1-c1ccccc1C. The largest absolute Gasteiger partial charge is 0.488 e. The van der Waals surface area contributed by atoms with Crippen molar-refractivity contribution in [2.45, 2.75) is 13.8 Å². The lowest BCUT2D eigenvalue weighted by atomic mass is 9.95. The topological polar surface area (TPSA) is 84.9 Å². The van der Waals surface area contributed by atoms with Gasteiger partial charge in [0.15, 0.2) is 0 Å². The van der Waals surface area contributed by atoms with Crippen LogP contribution in [-0.2, 0) is 9.53 Å². The Kier molecular flexibility index (Phi) is 8.74. The number of rotatable bonds is 9. The minimum atomic E-state index is -0.389. The van der Waals surface area contributed by atoms with E-state index < -0.39 is 0 Å². The number of aryl methyl sites for hydroxylation is 1. The number of anilines is 2. The molecule has 0 atom stereocenters. The van der Waals surface area contributed by atoms with Crippen molar-refractivity contribution >= 4 is 29.2 Å². The number of para-hydroxylation sites is 3. The summed E-state index contributed by atoms with van der Waals surface area (Å²) in [6, 6.07) is 29.3. The summed E-state index contributed by atoms with van der Waals surface area (Å²) < 4.78 is 10.7. The van der Waals surface area contributed by atoms with Gasteiger partial charge in [-0.05, 0) is 53.9 Å². The van der Waals surface area contributed by atoms with Gasteiger partial charge in [0.1, 0.15) is 19.0 Å². The van der Waals surface area contributed by atoms with Gasteiger partial charge in [0.05, 0.1) is 16.9 Å². The third-order valence-corrected chi connectivity index (χ3v) is 6.19. The predicted octanol–water partition coefficient (Wildman–Crippen LogP) is 6.13. The highest BCUT2D eigenvalue weighted by Gasteiger charge is 2.22. The van der Waals surface area contributed by atoms with Crippen molar-refractivity contribution in [2.75, 3.05) is 30.5 Å². The molecule has 7 heteroatoms. The van der Waals surface area contributed by atoms with Crippen LogP contribution >= 0.6 is 0 Å². The molecule has 39 heavy (non-hydrogen) atoms. The van der Waals surface area contributed by atoms with Crippen LogP contribution < -0.4 is 15.0 Å². The van der Waals surface area contributed by atoms with E-state index in [-0.39, 0.29) is 31.0 Å². The molecule has 0 spiro atoms. The highest BCUT2D eigenvalue weighted by atomic mass is 16.6. The molecule has 7 nitrogen and oxygen atoms in total. The number of esters is 1. The first-order valence-electron chi connectivity index (χ1n) is 12.6. The molecule has 4 aromatic carbocycles. The van der Waals surface area contributed by atoms with Crippen molar-refractivity contribution in [3.8, 4) is 16.9 Å². The molecule has 0 saturated carbocycles. The molecule has 0 saturated heterocycles. The molecule has 0 aliphatic rings. The average Bonchev–Trinajstić information content (AvgIpc) is 2.95. The van der Waals surface area contributed by atoms with Crippen molar-refractivity contribution in [2.24, 2.45) is 0 Å². The van der Waals surface area contributed by atoms with E-state index in [1.54, 1.807) is 61.6 Å². The predicted molar refractivity (Wildman–Crippen MR) is 152 cm³/mol. The Balaban J connectivity index is 1.57. The Morgan fingerprint density at radius 2 is 1.36 bits per heavy atom. The minimum Gasteiger partial charge on any atom is -0.488 e. The number of nitrogens with zero attached hydrogens (tertiary/aromatic N) is 1. The van der Waals surface area contributed by atoms with Crippen molar-refractivity contribution in [3.05, 3.63) is 114 Å². The number of hydrogen-bond acceptors (Lipinski definition) is 5. The molecule has 0 heterocycles. The second kappa shape index (κ2) is 12.6. The molecule has 0 aliphatic heterocycles. The number of ether oxygens (including phenoxy) is 2. The smallest absolute Gasteiger partial charge is 0.302 e.